The van der Waals surface area contributed by atoms with Gasteiger partial charge in [0.05, 0.1) is 5.69 Å². The van der Waals surface area contributed by atoms with Crippen LogP contribution in [0.2, 0.25) is 0 Å². The van der Waals surface area contributed by atoms with E-state index < -0.39 is 36.6 Å². The third kappa shape index (κ3) is 4.61. The number of nitrogen functional groups attached to an aromatic ring is 2. The Morgan fingerprint density at radius 1 is 0.893 bits per heavy atom. The molecule has 0 unspecified atom stereocenters. The summed E-state index contributed by atoms with van der Waals surface area (Å²) in [6.45, 7) is 0. The fourth-order valence-electron chi connectivity index (χ4n) is 2.29. The average Bonchev–Trinajstić information content (AvgIpc) is 2.57. The maximum Gasteiger partial charge on any atom is 0.296 e. The maximum absolute atomic E-state index is 11.7. The maximum atomic E-state index is 11.7. The standard InChI is InChI=1S/C10H8N2O4S.C6H7NO3S/c11-6-1-2-7-5(3-6)4-8(17(14,15)16)9(12)10(7)13;7-5-3-1-2-4-6(5)11(8,9)10/h1-4,12H,11H2,(H,14,15,16);1-4H,7H2,(H,8,9,10). The Bertz CT molecular complexity index is 1220. The first-order chi connectivity index (χ1) is 12.8. The molecule has 1 aliphatic carbocycles. The molecule has 2 aromatic carbocycles. The number of carbonyl (C=O) groups is 1. The molecule has 1 aliphatic rings. The summed E-state index contributed by atoms with van der Waals surface area (Å²) in [7, 11) is -8.75. The van der Waals surface area contributed by atoms with E-state index >= 15 is 0 Å². The van der Waals surface area contributed by atoms with Crippen molar-refractivity contribution < 1.29 is 30.7 Å². The van der Waals surface area contributed by atoms with Gasteiger partial charge in [-0.1, -0.05) is 12.1 Å². The highest BCUT2D eigenvalue weighted by Gasteiger charge is 2.31. The van der Waals surface area contributed by atoms with Crippen LogP contribution in [0.25, 0.3) is 6.08 Å². The first-order valence-corrected chi connectivity index (χ1v) is 10.2. The summed E-state index contributed by atoms with van der Waals surface area (Å²) >= 11 is 0. The zero-order valence-electron chi connectivity index (χ0n) is 14.0. The number of allylic oxidation sites excluding steroid dienone is 1. The lowest BCUT2D eigenvalue weighted by Crippen LogP contribution is -2.25. The van der Waals surface area contributed by atoms with Gasteiger partial charge in [-0.15, -0.1) is 0 Å². The SMILES string of the molecule is N=C1C(=O)c2ccc(N)cc2C=C1S(=O)(=O)O.Nc1ccccc1S(=O)(=O)O. The van der Waals surface area contributed by atoms with E-state index in [0.29, 0.717) is 5.69 Å². The van der Waals surface area contributed by atoms with Crippen molar-refractivity contribution in [3.63, 3.8) is 0 Å². The van der Waals surface area contributed by atoms with E-state index in [1.807, 2.05) is 0 Å². The molecule has 0 amide bonds. The molecule has 2 aromatic rings. The number of nitrogens with two attached hydrogens (primary N) is 2. The molecule has 0 saturated heterocycles. The minimum Gasteiger partial charge on any atom is -0.399 e. The molecule has 0 saturated carbocycles. The van der Waals surface area contributed by atoms with E-state index in [-0.39, 0.29) is 21.7 Å². The van der Waals surface area contributed by atoms with Crippen LogP contribution in [0.4, 0.5) is 11.4 Å². The highest BCUT2D eigenvalue weighted by molar-refractivity contribution is 7.91. The van der Waals surface area contributed by atoms with Crippen molar-refractivity contribution in [2.24, 2.45) is 0 Å². The van der Waals surface area contributed by atoms with E-state index in [2.05, 4.69) is 0 Å². The van der Waals surface area contributed by atoms with Gasteiger partial charge in [-0.05, 0) is 42.0 Å². The van der Waals surface area contributed by atoms with Gasteiger partial charge in [0.1, 0.15) is 15.5 Å². The second kappa shape index (κ2) is 7.52. The largest absolute Gasteiger partial charge is 0.399 e. The number of carbonyl (C=O) groups excluding carboxylic acids is 1. The smallest absolute Gasteiger partial charge is 0.296 e. The van der Waals surface area contributed by atoms with E-state index in [4.69, 9.17) is 26.0 Å². The van der Waals surface area contributed by atoms with E-state index in [9.17, 15) is 21.6 Å². The zero-order valence-corrected chi connectivity index (χ0v) is 15.7. The highest BCUT2D eigenvalue weighted by Crippen LogP contribution is 2.26. The van der Waals surface area contributed by atoms with Crippen molar-refractivity contribution in [1.82, 2.24) is 0 Å². The minimum absolute atomic E-state index is 0.0509. The molecule has 7 N–H and O–H groups in total. The van der Waals surface area contributed by atoms with Crippen molar-refractivity contribution in [1.29, 1.82) is 5.41 Å². The minimum atomic E-state index is -4.59. The van der Waals surface area contributed by atoms with Gasteiger partial charge in [-0.2, -0.15) is 16.8 Å². The van der Waals surface area contributed by atoms with E-state index in [0.717, 1.165) is 6.08 Å². The molecule has 0 heterocycles. The van der Waals surface area contributed by atoms with Crippen molar-refractivity contribution in [2.45, 2.75) is 4.90 Å². The summed E-state index contributed by atoms with van der Waals surface area (Å²) in [5.41, 5.74) is 10.9. The van der Waals surface area contributed by atoms with Gasteiger partial charge in [-0.3, -0.25) is 19.3 Å². The van der Waals surface area contributed by atoms with Crippen LogP contribution in [0.15, 0.2) is 52.3 Å². The zero-order chi connectivity index (χ0) is 21.3. The van der Waals surface area contributed by atoms with Crippen LogP contribution in [0, 0.1) is 5.41 Å². The summed E-state index contributed by atoms with van der Waals surface area (Å²) in [5.74, 6) is -0.755. The van der Waals surface area contributed by atoms with Gasteiger partial charge >= 0.3 is 0 Å². The number of Topliss-reactive ketones (excluding diaryl/α,β-unsaturated/α-hetero) is 1. The van der Waals surface area contributed by atoms with Crippen molar-refractivity contribution >= 4 is 49.2 Å². The number of anilines is 2. The van der Waals surface area contributed by atoms with Crippen LogP contribution in [-0.2, 0) is 20.2 Å². The quantitative estimate of drug-likeness (QED) is 0.346. The van der Waals surface area contributed by atoms with Gasteiger partial charge in [0.15, 0.2) is 0 Å². The fraction of sp³-hybridized carbons (Fsp3) is 0. The number of nitrogens with one attached hydrogen (secondary N) is 1. The molecule has 0 bridgehead atoms. The fourth-order valence-corrected chi connectivity index (χ4v) is 3.53. The number of ketones is 1. The Kier molecular flexibility index (Phi) is 5.70. The van der Waals surface area contributed by atoms with Gasteiger partial charge < -0.3 is 11.5 Å². The number of para-hydroxylation sites is 1. The topological polar surface area (TPSA) is 202 Å². The Morgan fingerprint density at radius 2 is 1.50 bits per heavy atom. The molecule has 0 atom stereocenters. The Hall–Kier alpha value is -3.06. The van der Waals surface area contributed by atoms with Crippen LogP contribution < -0.4 is 11.5 Å². The second-order valence-corrected chi connectivity index (χ2v) is 8.33. The average molecular weight is 425 g/mol. The van der Waals surface area contributed by atoms with Crippen LogP contribution in [0.1, 0.15) is 15.9 Å². The molecule has 0 spiro atoms. The van der Waals surface area contributed by atoms with Crippen LogP contribution in [-0.4, -0.2) is 37.4 Å². The number of hydrogen-bond donors (Lipinski definition) is 5. The van der Waals surface area contributed by atoms with E-state index in [1.54, 1.807) is 6.07 Å². The van der Waals surface area contributed by atoms with Crippen molar-refractivity contribution in [3.8, 4) is 0 Å². The molecule has 12 heteroatoms. The molecule has 10 nitrogen and oxygen atoms in total. The molecule has 3 rings (SSSR count). The first-order valence-electron chi connectivity index (χ1n) is 7.36. The molecule has 148 valence electrons. The first kappa shape index (κ1) is 21.2. The van der Waals surface area contributed by atoms with Crippen LogP contribution in [0.3, 0.4) is 0 Å². The number of hydrogen-bond acceptors (Lipinski definition) is 8. The Labute approximate surface area is 160 Å². The van der Waals surface area contributed by atoms with Gasteiger partial charge in [0.25, 0.3) is 20.2 Å². The summed E-state index contributed by atoms with van der Waals surface area (Å²) in [6, 6.07) is 10.0. The monoisotopic (exact) mass is 425 g/mol. The molecular formula is C16H15N3O7S2. The molecular weight excluding hydrogens is 410 g/mol. The predicted molar refractivity (Wildman–Crippen MR) is 103 cm³/mol. The molecule has 0 fully saturated rings. The molecule has 0 aromatic heterocycles. The normalized spacial score (nSPS) is 13.9. The van der Waals surface area contributed by atoms with Crippen molar-refractivity contribution in [3.05, 3.63) is 58.5 Å². The molecule has 0 aliphatic heterocycles. The summed E-state index contributed by atoms with van der Waals surface area (Å²) < 4.78 is 60.5. The van der Waals surface area contributed by atoms with Crippen LogP contribution in [0.5, 0.6) is 0 Å². The van der Waals surface area contributed by atoms with E-state index in [1.165, 1.54) is 36.4 Å². The van der Waals surface area contributed by atoms with Gasteiger partial charge in [0, 0.05) is 11.3 Å². The predicted octanol–water partition coefficient (Wildman–Crippen LogP) is 1.23. The number of rotatable bonds is 2. The number of fused-ring (bicyclic) bond motifs is 1. The lowest BCUT2D eigenvalue weighted by molar-refractivity contribution is 0.106. The lowest BCUT2D eigenvalue weighted by Gasteiger charge is -2.14. The summed E-state index contributed by atoms with van der Waals surface area (Å²) in [5, 5.41) is 7.40. The van der Waals surface area contributed by atoms with Crippen LogP contribution >= 0.6 is 0 Å². The third-order valence-electron chi connectivity index (χ3n) is 3.56. The highest BCUT2D eigenvalue weighted by atomic mass is 32.2. The second-order valence-electron chi connectivity index (χ2n) is 5.55. The summed E-state index contributed by atoms with van der Waals surface area (Å²) in [6.07, 6.45) is 1.06. The third-order valence-corrected chi connectivity index (χ3v) is 5.36. The summed E-state index contributed by atoms with van der Waals surface area (Å²) in [4.78, 5) is 10.7. The Morgan fingerprint density at radius 3 is 2.00 bits per heavy atom. The molecule has 28 heavy (non-hydrogen) atoms. The van der Waals surface area contributed by atoms with Gasteiger partial charge in [-0.25, -0.2) is 0 Å². The van der Waals surface area contributed by atoms with Crippen molar-refractivity contribution in [2.75, 3.05) is 11.5 Å². The Balaban J connectivity index is 0.000000221. The molecule has 0 radical (unpaired) electrons. The number of benzene rings is 2. The lowest BCUT2D eigenvalue weighted by atomic mass is 9.94. The van der Waals surface area contributed by atoms with Gasteiger partial charge in [0.2, 0.25) is 5.78 Å².